The summed E-state index contributed by atoms with van der Waals surface area (Å²) in [5, 5.41) is 21.3. The number of nitrogens with one attached hydrogen (secondary N) is 3. The van der Waals surface area contributed by atoms with Crippen molar-refractivity contribution in [2.24, 2.45) is 151 Å². The van der Waals surface area contributed by atoms with Crippen LogP contribution in [0.4, 0.5) is 0 Å². The second kappa shape index (κ2) is 31.6. The van der Waals surface area contributed by atoms with E-state index in [9.17, 15) is 5.11 Å². The van der Waals surface area contributed by atoms with Gasteiger partial charge < -0.3 is 28.8 Å². The maximum Gasteiger partial charge on any atom is 0.122 e. The van der Waals surface area contributed by atoms with Gasteiger partial charge in [0, 0.05) is 57.2 Å². The number of ether oxygens (including phenoxy) is 5. The first-order valence-electron chi connectivity index (χ1n) is 44.0. The predicted molar refractivity (Wildman–Crippen MR) is 416 cm³/mol. The molecule has 0 radical (unpaired) electrons. The minimum atomic E-state index is -0.0556. The molecule has 10 saturated carbocycles. The van der Waals surface area contributed by atoms with Crippen LogP contribution in [0.25, 0.3) is 0 Å². The first kappa shape index (κ1) is 80.1. The monoisotopic (exact) mass is 1390 g/mol. The predicted octanol–water partition coefficient (Wildman–Crippen LogP) is 21.5. The number of rotatable bonds is 9. The number of piperidine rings is 3. The third-order valence-electron chi connectivity index (χ3n) is 36.1. The van der Waals surface area contributed by atoms with E-state index < -0.39 is 0 Å². The van der Waals surface area contributed by atoms with Crippen LogP contribution in [-0.4, -0.2) is 92.3 Å². The molecule has 10 aliphatic carbocycles. The molecule has 0 aromatic carbocycles. The largest absolute Gasteiger partial charge is 0.396 e. The lowest BCUT2D eigenvalue weighted by molar-refractivity contribution is -0.145. The van der Waals surface area contributed by atoms with E-state index in [0.717, 1.165) is 128 Å². The molecule has 6 aliphatic heterocycles. The van der Waals surface area contributed by atoms with Gasteiger partial charge in [-0.05, 0) is 320 Å². The maximum atomic E-state index is 9.60. The summed E-state index contributed by atoms with van der Waals surface area (Å²) in [6.07, 6.45) is 41.3. The van der Waals surface area contributed by atoms with Gasteiger partial charge in [0.1, 0.15) is 17.2 Å². The highest BCUT2D eigenvalue weighted by atomic mass is 16.5. The molecule has 3 spiro atoms. The molecule has 4 N–H and O–H groups in total. The molecule has 6 heterocycles. The van der Waals surface area contributed by atoms with Gasteiger partial charge in [-0.2, -0.15) is 0 Å². The van der Waals surface area contributed by atoms with Crippen LogP contribution in [0.2, 0.25) is 0 Å². The van der Waals surface area contributed by atoms with Crippen LogP contribution < -0.4 is 16.0 Å². The van der Waals surface area contributed by atoms with E-state index in [-0.39, 0.29) is 17.2 Å². The van der Waals surface area contributed by atoms with Crippen molar-refractivity contribution in [3.05, 3.63) is 26.3 Å². The van der Waals surface area contributed by atoms with Crippen molar-refractivity contribution in [3.63, 3.8) is 0 Å². The van der Waals surface area contributed by atoms with Gasteiger partial charge in [-0.3, -0.25) is 16.0 Å². The van der Waals surface area contributed by atoms with E-state index in [0.29, 0.717) is 99.2 Å². The topological polar surface area (TPSA) is 102 Å². The number of hydrogen-bond donors (Lipinski definition) is 4. The van der Waals surface area contributed by atoms with Crippen molar-refractivity contribution in [2.45, 2.75) is 359 Å². The average molecular weight is 1390 g/mol. The zero-order valence-electron chi connectivity index (χ0n) is 68.5. The van der Waals surface area contributed by atoms with Crippen molar-refractivity contribution in [3.8, 4) is 0 Å². The summed E-state index contributed by atoms with van der Waals surface area (Å²) in [5.41, 5.74) is 2.79. The van der Waals surface area contributed by atoms with Crippen molar-refractivity contribution >= 4 is 0 Å². The van der Waals surface area contributed by atoms with Crippen LogP contribution >= 0.6 is 0 Å². The molecule has 16 rings (SSSR count). The fourth-order valence-corrected chi connectivity index (χ4v) is 30.4. The summed E-state index contributed by atoms with van der Waals surface area (Å²) >= 11 is 0. The van der Waals surface area contributed by atoms with Crippen molar-refractivity contribution < 1.29 is 28.8 Å². The van der Waals surface area contributed by atoms with Crippen LogP contribution in [-0.2, 0) is 23.7 Å². The Kier molecular flexibility index (Phi) is 25.3. The first-order valence-corrected chi connectivity index (χ1v) is 44.0. The van der Waals surface area contributed by atoms with E-state index in [4.69, 9.17) is 23.7 Å². The minimum Gasteiger partial charge on any atom is -0.396 e. The number of fused-ring (bicyclic) bond motifs is 15. The molecule has 14 unspecified atom stereocenters. The van der Waals surface area contributed by atoms with Crippen molar-refractivity contribution in [2.75, 3.05) is 39.5 Å². The Bertz CT molecular complexity index is 2490. The quantitative estimate of drug-likeness (QED) is 0.168. The Balaban J connectivity index is 0.000000146. The smallest absolute Gasteiger partial charge is 0.122 e. The molecule has 0 aromatic rings. The second-order valence-electron chi connectivity index (χ2n) is 39.7. The molecule has 0 amide bonds. The van der Waals surface area contributed by atoms with Crippen LogP contribution in [0.15, 0.2) is 26.3 Å². The van der Waals surface area contributed by atoms with Gasteiger partial charge in [-0.1, -0.05) is 124 Å². The maximum absolute atomic E-state index is 9.60. The Morgan fingerprint density at radius 1 is 0.420 bits per heavy atom. The van der Waals surface area contributed by atoms with E-state index in [1.807, 2.05) is 13.8 Å². The van der Waals surface area contributed by atoms with Gasteiger partial charge >= 0.3 is 0 Å². The Morgan fingerprint density at radius 3 is 1.18 bits per heavy atom. The van der Waals surface area contributed by atoms with Crippen molar-refractivity contribution in [1.29, 1.82) is 0 Å². The van der Waals surface area contributed by atoms with E-state index >= 15 is 0 Å². The Morgan fingerprint density at radius 2 is 0.810 bits per heavy atom. The molecular formula is C91H161N3O6. The summed E-state index contributed by atoms with van der Waals surface area (Å²) in [7, 11) is 0. The van der Waals surface area contributed by atoms with Crippen LogP contribution in [0.5, 0.6) is 0 Å². The number of aliphatic hydroxyl groups excluding tert-OH is 1. The lowest BCUT2D eigenvalue weighted by Crippen LogP contribution is -2.57. The summed E-state index contributed by atoms with van der Waals surface area (Å²) in [5.74, 6) is 16.1. The molecule has 34 atom stereocenters. The van der Waals surface area contributed by atoms with Crippen LogP contribution in [0.1, 0.15) is 311 Å². The molecule has 9 heteroatoms. The van der Waals surface area contributed by atoms with Gasteiger partial charge in [0.25, 0.3) is 0 Å². The van der Waals surface area contributed by atoms with Gasteiger partial charge in [0.05, 0.1) is 30.5 Å². The van der Waals surface area contributed by atoms with Crippen LogP contribution in [0.3, 0.4) is 0 Å². The Labute approximate surface area is 616 Å². The summed E-state index contributed by atoms with van der Waals surface area (Å²) < 4.78 is 33.3. The van der Waals surface area contributed by atoms with Gasteiger partial charge in [0.2, 0.25) is 0 Å². The molecule has 100 heavy (non-hydrogen) atoms. The molecule has 16 fully saturated rings. The lowest BCUT2D eigenvalue weighted by atomic mass is 9.44. The van der Waals surface area contributed by atoms with Gasteiger partial charge in [-0.25, -0.2) is 0 Å². The SMILES string of the molecule is C=C.C=C.CC.CCO[C@H]1CC[C@@]2(C)C(CC[C@@H]3C2CC[C@@]2(C)C3CC3O[C@@]4(CC[C@H](C)CN4)[C@@H](C)C32)C1.CCO[C@H]1CC[C@@]2(C)C(CC[C@@H]3C2CC[C@@]2(C)C3CC3O[C@@]4(CC[C@H](C)CN4)[C@@H](C)C32)C1.CC[C@]1(C)C[C@H](C2CC3O[C@@]4(CC[C@H](C)CN4)[C@@H](C)C3[C@@]2(C)CC)CCC1CCO. The van der Waals surface area contributed by atoms with Crippen LogP contribution in [0, 0.1) is 151 Å². The average Bonchev–Trinajstić information content (AvgIpc) is 1.04. The first-order chi connectivity index (χ1) is 47.8. The van der Waals surface area contributed by atoms with E-state index in [1.165, 1.54) is 180 Å². The molecule has 9 nitrogen and oxygen atoms in total. The highest BCUT2D eigenvalue weighted by molar-refractivity contribution is 5.20. The standard InChI is InChI=1S/2C29H49NO2.C27H49NO2.C2H6.2C2H4/c2*1-6-31-21-10-12-27(4)20(15-21)7-8-22-23(27)11-13-28(5)24(22)16-25-26(28)19(3)29(32-25)14-9-18(2)17-30-29;1-7-25(5)16-20(9-10-21(25)12-14-29)22-15-23-24(26(22,6)8-2)19(4)27(30-23)13-11-18(3)17-28-27;3*1-2/h2*18-26,30H,6-17H2,1-5H3;18-24,28-29H,7-17H2,1-6H3;1-2H3;2*1-2H2/t2*18-,19-,20?,21-,22+,23?,24?,25?,26?,27-,28-,29-;18-,19-,20+,21?,22?,23?,24?,25+,26-,27-;;;/m000.../s1. The summed E-state index contributed by atoms with van der Waals surface area (Å²) in [6, 6.07) is 0. The minimum absolute atomic E-state index is 0.0199. The number of aliphatic hydroxyl groups is 1. The van der Waals surface area contributed by atoms with E-state index in [2.05, 4.69) is 153 Å². The van der Waals surface area contributed by atoms with Crippen molar-refractivity contribution in [1.82, 2.24) is 16.0 Å². The molecule has 0 bridgehead atoms. The zero-order chi connectivity index (χ0) is 72.3. The molecule has 0 aromatic heterocycles. The molecule has 576 valence electrons. The third kappa shape index (κ3) is 13.6. The van der Waals surface area contributed by atoms with E-state index in [1.54, 1.807) is 0 Å². The fourth-order valence-electron chi connectivity index (χ4n) is 30.4. The highest BCUT2D eigenvalue weighted by Crippen LogP contribution is 2.74. The second-order valence-corrected chi connectivity index (χ2v) is 39.7. The summed E-state index contributed by atoms with van der Waals surface area (Å²) in [6.45, 7) is 61.3. The normalized spacial score (nSPS) is 54.3. The number of hydrogen-bond acceptors (Lipinski definition) is 9. The third-order valence-corrected chi connectivity index (χ3v) is 36.1. The van der Waals surface area contributed by atoms with Gasteiger partial charge in [0.15, 0.2) is 0 Å². The molecule has 6 saturated heterocycles. The zero-order valence-corrected chi connectivity index (χ0v) is 68.5. The summed E-state index contributed by atoms with van der Waals surface area (Å²) in [4.78, 5) is 0. The highest BCUT2D eigenvalue weighted by Gasteiger charge is 2.72. The Hall–Kier alpha value is -0.880. The molecule has 16 aliphatic rings. The molecular weight excluding hydrogens is 1230 g/mol. The lowest BCUT2D eigenvalue weighted by Gasteiger charge is -2.61. The fraction of sp³-hybridized carbons (Fsp3) is 0.956. The van der Waals surface area contributed by atoms with Gasteiger partial charge in [-0.15, -0.1) is 26.3 Å².